The minimum absolute atomic E-state index is 0.0617. The van der Waals surface area contributed by atoms with E-state index in [0.717, 1.165) is 0 Å². The third-order valence-electron chi connectivity index (χ3n) is 2.38. The highest BCUT2D eigenvalue weighted by Gasteiger charge is 2.28. The predicted molar refractivity (Wildman–Crippen MR) is 54.4 cm³/mol. The van der Waals surface area contributed by atoms with Crippen molar-refractivity contribution in [1.82, 2.24) is 0 Å². The molecule has 0 fully saturated rings. The van der Waals surface area contributed by atoms with Crippen LogP contribution in [0.15, 0.2) is 35.4 Å². The number of carbonyl (C=O) groups excluding carboxylic acids is 2. The molecule has 2 rings (SSSR count). The lowest BCUT2D eigenvalue weighted by Crippen LogP contribution is -2.11. The van der Waals surface area contributed by atoms with E-state index in [1.165, 1.54) is 24.3 Å². The molecular weight excluding hydrogens is 211 g/mol. The number of Topliss-reactive ketones (excluding diaryl/α,β-unsaturated/α-hetero) is 1. The first-order valence-electron chi connectivity index (χ1n) is 4.76. The minimum atomic E-state index is -0.605. The average Bonchev–Trinajstić information content (AvgIpc) is 2.59. The van der Waals surface area contributed by atoms with Crippen molar-refractivity contribution in [3.8, 4) is 0 Å². The van der Waals surface area contributed by atoms with Gasteiger partial charge in [0, 0.05) is 5.56 Å². The Labute approximate surface area is 91.5 Å². The van der Waals surface area contributed by atoms with Crippen molar-refractivity contribution >= 4 is 11.8 Å². The Bertz CT molecular complexity index is 485. The molecule has 0 atom stereocenters. The van der Waals surface area contributed by atoms with Gasteiger partial charge in [-0.1, -0.05) is 0 Å². The van der Waals surface area contributed by atoms with Gasteiger partial charge in [0.15, 0.2) is 5.78 Å². The van der Waals surface area contributed by atoms with E-state index < -0.39 is 17.6 Å². The smallest absolute Gasteiger partial charge is 0.342 e. The van der Waals surface area contributed by atoms with Crippen molar-refractivity contribution in [3.05, 3.63) is 46.8 Å². The maximum Gasteiger partial charge on any atom is 0.342 e. The Balaban J connectivity index is 2.36. The molecule has 0 N–H and O–H groups in total. The first-order chi connectivity index (χ1) is 7.59. The summed E-state index contributed by atoms with van der Waals surface area (Å²) in [7, 11) is 0. The molecule has 1 aliphatic rings. The molecular formula is C12H9FO3. The molecule has 0 aromatic heterocycles. The summed E-state index contributed by atoms with van der Waals surface area (Å²) >= 11 is 0. The molecule has 1 aromatic carbocycles. The van der Waals surface area contributed by atoms with E-state index in [2.05, 4.69) is 0 Å². The van der Waals surface area contributed by atoms with Crippen molar-refractivity contribution in [3.63, 3.8) is 0 Å². The normalized spacial score (nSPS) is 15.2. The lowest BCUT2D eigenvalue weighted by molar-refractivity contribution is -0.135. The predicted octanol–water partition coefficient (Wildman–Crippen LogP) is 1.88. The summed E-state index contributed by atoms with van der Waals surface area (Å²) in [5.74, 6) is -1.44. The second kappa shape index (κ2) is 3.89. The number of ketones is 1. The molecule has 82 valence electrons. The van der Waals surface area contributed by atoms with E-state index in [1.54, 1.807) is 6.92 Å². The number of esters is 1. The van der Waals surface area contributed by atoms with Gasteiger partial charge in [0.2, 0.25) is 0 Å². The molecule has 4 heteroatoms. The monoisotopic (exact) mass is 220 g/mol. The third kappa shape index (κ3) is 1.74. The zero-order valence-corrected chi connectivity index (χ0v) is 8.62. The van der Waals surface area contributed by atoms with Crippen molar-refractivity contribution in [2.45, 2.75) is 6.92 Å². The van der Waals surface area contributed by atoms with Gasteiger partial charge >= 0.3 is 5.97 Å². The molecule has 0 amide bonds. The molecule has 0 spiro atoms. The maximum atomic E-state index is 12.7. The van der Waals surface area contributed by atoms with E-state index in [-0.39, 0.29) is 17.7 Å². The van der Waals surface area contributed by atoms with Crippen LogP contribution in [0.4, 0.5) is 4.39 Å². The summed E-state index contributed by atoms with van der Waals surface area (Å²) in [6.07, 6.45) is 0. The Hall–Kier alpha value is -1.97. The highest BCUT2D eigenvalue weighted by Crippen LogP contribution is 2.20. The van der Waals surface area contributed by atoms with Crippen molar-refractivity contribution in [1.29, 1.82) is 0 Å². The van der Waals surface area contributed by atoms with Crippen LogP contribution in [0.25, 0.3) is 0 Å². The summed E-state index contributed by atoms with van der Waals surface area (Å²) in [5, 5.41) is 0. The fourth-order valence-corrected chi connectivity index (χ4v) is 1.52. The largest absolute Gasteiger partial charge is 0.457 e. The van der Waals surface area contributed by atoms with Gasteiger partial charge in [-0.15, -0.1) is 0 Å². The van der Waals surface area contributed by atoms with Crippen LogP contribution in [0.3, 0.4) is 0 Å². The number of rotatable bonds is 2. The standard InChI is InChI=1S/C12H9FO3/c1-7-6-16-12(15)10(7)11(14)8-2-4-9(13)5-3-8/h2-5H,6H2,1H3. The van der Waals surface area contributed by atoms with Crippen LogP contribution in [-0.4, -0.2) is 18.4 Å². The summed E-state index contributed by atoms with van der Waals surface area (Å²) < 4.78 is 17.4. The van der Waals surface area contributed by atoms with Crippen LogP contribution < -0.4 is 0 Å². The quantitative estimate of drug-likeness (QED) is 0.434. The van der Waals surface area contributed by atoms with Crippen LogP contribution in [-0.2, 0) is 9.53 Å². The summed E-state index contributed by atoms with van der Waals surface area (Å²) in [6.45, 7) is 1.82. The van der Waals surface area contributed by atoms with Gasteiger partial charge in [0.25, 0.3) is 0 Å². The van der Waals surface area contributed by atoms with E-state index in [4.69, 9.17) is 4.74 Å². The number of benzene rings is 1. The molecule has 0 bridgehead atoms. The number of hydrogen-bond donors (Lipinski definition) is 0. The second-order valence-corrected chi connectivity index (χ2v) is 3.57. The van der Waals surface area contributed by atoms with Gasteiger partial charge in [0.1, 0.15) is 18.0 Å². The molecule has 1 aliphatic heterocycles. The highest BCUT2D eigenvalue weighted by molar-refractivity contribution is 6.25. The van der Waals surface area contributed by atoms with Gasteiger partial charge in [-0.3, -0.25) is 4.79 Å². The van der Waals surface area contributed by atoms with Crippen LogP contribution in [0.1, 0.15) is 17.3 Å². The fraction of sp³-hybridized carbons (Fsp3) is 0.167. The van der Waals surface area contributed by atoms with Gasteiger partial charge < -0.3 is 4.74 Å². The maximum absolute atomic E-state index is 12.7. The zero-order chi connectivity index (χ0) is 11.7. The molecule has 0 saturated heterocycles. The SMILES string of the molecule is CC1=C(C(=O)c2ccc(F)cc2)C(=O)OC1. The summed E-state index contributed by atoms with van der Waals surface area (Å²) in [4.78, 5) is 23.2. The molecule has 0 saturated carbocycles. The molecule has 16 heavy (non-hydrogen) atoms. The Morgan fingerprint density at radius 1 is 1.31 bits per heavy atom. The molecule has 1 aromatic rings. The lowest BCUT2D eigenvalue weighted by atomic mass is 10.0. The molecule has 1 heterocycles. The Morgan fingerprint density at radius 3 is 2.44 bits per heavy atom. The van der Waals surface area contributed by atoms with Crippen molar-refractivity contribution < 1.29 is 18.7 Å². The van der Waals surface area contributed by atoms with Gasteiger partial charge in [-0.2, -0.15) is 0 Å². The van der Waals surface area contributed by atoms with E-state index in [9.17, 15) is 14.0 Å². The van der Waals surface area contributed by atoms with E-state index in [0.29, 0.717) is 5.57 Å². The number of ether oxygens (including phenoxy) is 1. The zero-order valence-electron chi connectivity index (χ0n) is 8.62. The first kappa shape index (κ1) is 10.5. The Morgan fingerprint density at radius 2 is 1.94 bits per heavy atom. The van der Waals surface area contributed by atoms with Crippen LogP contribution >= 0.6 is 0 Å². The average molecular weight is 220 g/mol. The summed E-state index contributed by atoms with van der Waals surface area (Å²) in [5.41, 5.74) is 0.959. The van der Waals surface area contributed by atoms with Gasteiger partial charge in [-0.05, 0) is 36.8 Å². The highest BCUT2D eigenvalue weighted by atomic mass is 19.1. The van der Waals surface area contributed by atoms with Crippen LogP contribution in [0, 0.1) is 5.82 Å². The molecule has 0 radical (unpaired) electrons. The van der Waals surface area contributed by atoms with Crippen molar-refractivity contribution in [2.75, 3.05) is 6.61 Å². The number of hydrogen-bond acceptors (Lipinski definition) is 3. The van der Waals surface area contributed by atoms with Gasteiger partial charge in [0.05, 0.1) is 0 Å². The molecule has 0 unspecified atom stereocenters. The second-order valence-electron chi connectivity index (χ2n) is 3.57. The van der Waals surface area contributed by atoms with E-state index >= 15 is 0 Å². The Kier molecular flexibility index (Phi) is 2.56. The molecule has 3 nitrogen and oxygen atoms in total. The number of carbonyl (C=O) groups is 2. The van der Waals surface area contributed by atoms with Crippen LogP contribution in [0.5, 0.6) is 0 Å². The summed E-state index contributed by atoms with van der Waals surface area (Å²) in [6, 6.07) is 5.07. The van der Waals surface area contributed by atoms with Gasteiger partial charge in [-0.25, -0.2) is 9.18 Å². The fourth-order valence-electron chi connectivity index (χ4n) is 1.52. The third-order valence-corrected chi connectivity index (χ3v) is 2.38. The first-order valence-corrected chi connectivity index (χ1v) is 4.76. The minimum Gasteiger partial charge on any atom is -0.457 e. The topological polar surface area (TPSA) is 43.4 Å². The van der Waals surface area contributed by atoms with Crippen molar-refractivity contribution in [2.24, 2.45) is 0 Å². The lowest BCUT2D eigenvalue weighted by Gasteiger charge is -2.00. The number of cyclic esters (lactones) is 1. The van der Waals surface area contributed by atoms with Crippen LogP contribution in [0.2, 0.25) is 0 Å². The van der Waals surface area contributed by atoms with E-state index in [1.807, 2.05) is 0 Å². The molecule has 0 aliphatic carbocycles. The number of halogens is 1.